The zero-order valence-electron chi connectivity index (χ0n) is 11.7. The molecule has 0 radical (unpaired) electrons. The third kappa shape index (κ3) is 2.17. The molecule has 0 spiro atoms. The third-order valence-corrected chi connectivity index (χ3v) is 4.87. The van der Waals surface area contributed by atoms with E-state index >= 15 is 0 Å². The number of para-hydroxylation sites is 1. The number of nitrogens with one attached hydrogen (secondary N) is 1. The number of carboxylic acids is 1. The van der Waals surface area contributed by atoms with Crippen LogP contribution in [0.15, 0.2) is 23.0 Å². The Balaban J connectivity index is 1.81. The van der Waals surface area contributed by atoms with Gasteiger partial charge < -0.3 is 10.1 Å². The fourth-order valence-electron chi connectivity index (χ4n) is 3.51. The number of aromatic amines is 1. The number of benzene rings is 1. The number of carbonyl (C=O) groups is 1. The van der Waals surface area contributed by atoms with Gasteiger partial charge in [0.15, 0.2) is 0 Å². The molecule has 2 aromatic rings. The molecule has 1 aromatic heterocycles. The summed E-state index contributed by atoms with van der Waals surface area (Å²) in [5.41, 5.74) is 1.17. The summed E-state index contributed by atoms with van der Waals surface area (Å²) < 4.78 is 1.65. The number of carboxylic acid groups (broad SMARTS) is 1. The average Bonchev–Trinajstić information content (AvgIpc) is 3.34. The van der Waals surface area contributed by atoms with Gasteiger partial charge in [-0.25, -0.2) is 9.59 Å². The van der Waals surface area contributed by atoms with Crippen molar-refractivity contribution in [1.29, 1.82) is 0 Å². The number of aromatic nitrogens is 2. The van der Waals surface area contributed by atoms with Crippen LogP contribution in [-0.2, 0) is 6.54 Å². The molecule has 0 bridgehead atoms. The van der Waals surface area contributed by atoms with E-state index in [1.54, 1.807) is 22.8 Å². The molecule has 1 heterocycles. The maximum Gasteiger partial charge on any atom is 0.337 e. The van der Waals surface area contributed by atoms with E-state index in [1.807, 2.05) is 0 Å². The summed E-state index contributed by atoms with van der Waals surface area (Å²) in [6, 6.07) is 5.01. The van der Waals surface area contributed by atoms with Gasteiger partial charge in [-0.05, 0) is 55.6 Å². The SMILES string of the molecule is O=C(O)c1cccc2[nH]c(=O)n(CC(C3CC3)C3CC3)c12. The van der Waals surface area contributed by atoms with Crippen LogP contribution in [0.2, 0.25) is 0 Å². The monoisotopic (exact) mass is 286 g/mol. The molecule has 110 valence electrons. The molecule has 2 aliphatic rings. The smallest absolute Gasteiger partial charge is 0.337 e. The number of rotatable bonds is 5. The minimum absolute atomic E-state index is 0.190. The number of hydrogen-bond acceptors (Lipinski definition) is 2. The van der Waals surface area contributed by atoms with Gasteiger partial charge in [-0.2, -0.15) is 0 Å². The lowest BCUT2D eigenvalue weighted by molar-refractivity contribution is 0.0698. The minimum Gasteiger partial charge on any atom is -0.478 e. The van der Waals surface area contributed by atoms with Crippen molar-refractivity contribution >= 4 is 17.0 Å². The van der Waals surface area contributed by atoms with Crippen LogP contribution in [0.5, 0.6) is 0 Å². The molecule has 2 fully saturated rings. The second-order valence-corrected chi connectivity index (χ2v) is 6.39. The average molecular weight is 286 g/mol. The first-order chi connectivity index (χ1) is 10.1. The molecule has 0 amide bonds. The lowest BCUT2D eigenvalue weighted by Crippen LogP contribution is -2.24. The molecule has 0 atom stereocenters. The summed E-state index contributed by atoms with van der Waals surface area (Å²) in [5, 5.41) is 9.36. The van der Waals surface area contributed by atoms with Crippen LogP contribution in [0, 0.1) is 17.8 Å². The van der Waals surface area contributed by atoms with Crippen molar-refractivity contribution in [2.45, 2.75) is 32.2 Å². The molecule has 0 saturated heterocycles. The third-order valence-electron chi connectivity index (χ3n) is 4.87. The molecule has 2 N–H and O–H groups in total. The Morgan fingerprint density at radius 1 is 1.29 bits per heavy atom. The molecule has 5 heteroatoms. The molecular weight excluding hydrogens is 268 g/mol. The highest BCUT2D eigenvalue weighted by atomic mass is 16.4. The minimum atomic E-state index is -0.984. The summed E-state index contributed by atoms with van der Waals surface area (Å²) in [7, 11) is 0. The predicted octanol–water partition coefficient (Wildman–Crippen LogP) is 2.46. The van der Waals surface area contributed by atoms with E-state index in [-0.39, 0.29) is 11.3 Å². The van der Waals surface area contributed by atoms with Crippen molar-refractivity contribution < 1.29 is 9.90 Å². The normalized spacial score (nSPS) is 18.5. The summed E-state index contributed by atoms with van der Waals surface area (Å²) in [4.78, 5) is 26.5. The highest BCUT2D eigenvalue weighted by Gasteiger charge is 2.41. The lowest BCUT2D eigenvalue weighted by atomic mass is 9.97. The van der Waals surface area contributed by atoms with Crippen LogP contribution < -0.4 is 5.69 Å². The maximum atomic E-state index is 12.2. The highest BCUT2D eigenvalue weighted by molar-refractivity contribution is 6.01. The zero-order valence-corrected chi connectivity index (χ0v) is 11.7. The molecule has 4 rings (SSSR count). The number of H-pyrrole nitrogens is 1. The van der Waals surface area contributed by atoms with Gasteiger partial charge in [0, 0.05) is 6.54 Å². The molecule has 0 unspecified atom stereocenters. The van der Waals surface area contributed by atoms with Crippen molar-refractivity contribution in [2.24, 2.45) is 17.8 Å². The Kier molecular flexibility index (Phi) is 2.71. The van der Waals surface area contributed by atoms with Gasteiger partial charge in [-0.15, -0.1) is 0 Å². The molecule has 2 aliphatic carbocycles. The number of nitrogens with zero attached hydrogens (tertiary/aromatic N) is 1. The Morgan fingerprint density at radius 3 is 2.52 bits per heavy atom. The van der Waals surface area contributed by atoms with Gasteiger partial charge in [0.25, 0.3) is 0 Å². The van der Waals surface area contributed by atoms with Gasteiger partial charge in [-0.3, -0.25) is 4.57 Å². The summed E-state index contributed by atoms with van der Waals surface area (Å²) >= 11 is 0. The molecule has 5 nitrogen and oxygen atoms in total. The summed E-state index contributed by atoms with van der Waals surface area (Å²) in [6.07, 6.45) is 5.02. The first kappa shape index (κ1) is 12.7. The Bertz CT molecular complexity index is 753. The number of aromatic carboxylic acids is 1. The van der Waals surface area contributed by atoms with Crippen molar-refractivity contribution in [2.75, 3.05) is 0 Å². The summed E-state index contributed by atoms with van der Waals surface area (Å²) in [5.74, 6) is 1.00. The largest absolute Gasteiger partial charge is 0.478 e. The Labute approximate surface area is 121 Å². The van der Waals surface area contributed by atoms with Gasteiger partial charge in [0.2, 0.25) is 0 Å². The van der Waals surface area contributed by atoms with E-state index in [0.717, 1.165) is 11.8 Å². The van der Waals surface area contributed by atoms with Crippen molar-refractivity contribution in [1.82, 2.24) is 9.55 Å². The number of imidazole rings is 1. The predicted molar refractivity (Wildman–Crippen MR) is 78.5 cm³/mol. The molecular formula is C16H18N2O3. The second kappa shape index (κ2) is 4.48. The zero-order chi connectivity index (χ0) is 14.6. The highest BCUT2D eigenvalue weighted by Crippen LogP contribution is 2.49. The molecule has 1 aromatic carbocycles. The van der Waals surface area contributed by atoms with Crippen LogP contribution in [0.1, 0.15) is 36.0 Å². The second-order valence-electron chi connectivity index (χ2n) is 6.39. The van der Waals surface area contributed by atoms with E-state index in [0.29, 0.717) is 23.5 Å². The Hall–Kier alpha value is -2.04. The van der Waals surface area contributed by atoms with Crippen LogP contribution in [0.3, 0.4) is 0 Å². The van der Waals surface area contributed by atoms with E-state index in [9.17, 15) is 14.7 Å². The first-order valence-corrected chi connectivity index (χ1v) is 7.60. The van der Waals surface area contributed by atoms with Crippen LogP contribution in [0.4, 0.5) is 0 Å². The number of hydrogen-bond donors (Lipinski definition) is 2. The van der Waals surface area contributed by atoms with Gasteiger partial charge >= 0.3 is 11.7 Å². The summed E-state index contributed by atoms with van der Waals surface area (Å²) in [6.45, 7) is 0.651. The standard InChI is InChI=1S/C16H18N2O3/c19-15(20)11-2-1-3-13-14(11)18(16(21)17-13)8-12(9-4-5-9)10-6-7-10/h1-3,9-10,12H,4-8H2,(H,17,21)(H,19,20). The molecule has 0 aliphatic heterocycles. The van der Waals surface area contributed by atoms with E-state index in [4.69, 9.17) is 0 Å². The van der Waals surface area contributed by atoms with Crippen LogP contribution in [0.25, 0.3) is 11.0 Å². The van der Waals surface area contributed by atoms with E-state index < -0.39 is 5.97 Å². The number of fused-ring (bicyclic) bond motifs is 1. The topological polar surface area (TPSA) is 75.1 Å². The lowest BCUT2D eigenvalue weighted by Gasteiger charge is -2.16. The fraction of sp³-hybridized carbons (Fsp3) is 0.500. The quantitative estimate of drug-likeness (QED) is 0.886. The molecule has 2 saturated carbocycles. The molecule has 21 heavy (non-hydrogen) atoms. The van der Waals surface area contributed by atoms with Gasteiger partial charge in [0.1, 0.15) is 0 Å². The Morgan fingerprint density at radius 2 is 1.95 bits per heavy atom. The van der Waals surface area contributed by atoms with Gasteiger partial charge in [0.05, 0.1) is 16.6 Å². The fourth-order valence-corrected chi connectivity index (χ4v) is 3.51. The van der Waals surface area contributed by atoms with E-state index in [2.05, 4.69) is 4.98 Å². The van der Waals surface area contributed by atoms with E-state index in [1.165, 1.54) is 25.7 Å². The van der Waals surface area contributed by atoms with Crippen LogP contribution >= 0.6 is 0 Å². The van der Waals surface area contributed by atoms with Gasteiger partial charge in [-0.1, -0.05) is 6.07 Å². The van der Waals surface area contributed by atoms with Crippen molar-refractivity contribution in [3.63, 3.8) is 0 Å². The first-order valence-electron chi connectivity index (χ1n) is 7.60. The van der Waals surface area contributed by atoms with Crippen molar-refractivity contribution in [3.05, 3.63) is 34.2 Å². The van der Waals surface area contributed by atoms with Crippen LogP contribution in [-0.4, -0.2) is 20.6 Å². The van der Waals surface area contributed by atoms with Crippen molar-refractivity contribution in [3.8, 4) is 0 Å². The maximum absolute atomic E-state index is 12.2.